The molecule has 1 heterocycles. The number of halogens is 3. The Hall–Kier alpha value is -4.32. The number of methoxy groups -OCH3 is 1. The van der Waals surface area contributed by atoms with Crippen LogP contribution in [0.5, 0.6) is 11.5 Å². The SMILES string of the molecule is COc1cccc([C@@H]2OC(c3ccc(OCCCO)cc3)=N[C@]2(Cc2ccccc2Br)C(=O)NNCCc2cc(F)cc(F)c2)c1. The van der Waals surface area contributed by atoms with Gasteiger partial charge in [0, 0.05) is 42.1 Å². The van der Waals surface area contributed by atoms with E-state index >= 15 is 0 Å². The molecule has 3 N–H and O–H groups in total. The van der Waals surface area contributed by atoms with Gasteiger partial charge in [0.2, 0.25) is 5.90 Å². The van der Waals surface area contributed by atoms with Crippen LogP contribution in [0.3, 0.4) is 0 Å². The summed E-state index contributed by atoms with van der Waals surface area (Å²) in [6.07, 6.45) is 0.0949. The Morgan fingerprint density at radius 2 is 1.76 bits per heavy atom. The first-order valence-electron chi connectivity index (χ1n) is 14.8. The Labute approximate surface area is 274 Å². The summed E-state index contributed by atoms with van der Waals surface area (Å²) in [6, 6.07) is 25.4. The molecule has 0 saturated carbocycles. The third kappa shape index (κ3) is 7.90. The number of benzene rings is 4. The molecule has 0 aromatic heterocycles. The number of hydrogen-bond acceptors (Lipinski definition) is 7. The van der Waals surface area contributed by atoms with Gasteiger partial charge in [-0.25, -0.2) is 19.2 Å². The highest BCUT2D eigenvalue weighted by Crippen LogP contribution is 2.44. The van der Waals surface area contributed by atoms with Crippen LogP contribution >= 0.6 is 15.9 Å². The number of aliphatic imine (C=N–C) groups is 1. The van der Waals surface area contributed by atoms with E-state index in [1.165, 1.54) is 12.1 Å². The van der Waals surface area contributed by atoms with E-state index in [0.29, 0.717) is 41.2 Å². The molecule has 0 bridgehead atoms. The minimum Gasteiger partial charge on any atom is -0.497 e. The van der Waals surface area contributed by atoms with E-state index in [9.17, 15) is 13.6 Å². The lowest BCUT2D eigenvalue weighted by Gasteiger charge is -2.31. The van der Waals surface area contributed by atoms with Crippen molar-refractivity contribution in [3.63, 3.8) is 0 Å². The molecule has 240 valence electrons. The van der Waals surface area contributed by atoms with Gasteiger partial charge in [-0.1, -0.05) is 46.3 Å². The molecule has 11 heteroatoms. The van der Waals surface area contributed by atoms with E-state index in [4.69, 9.17) is 24.3 Å². The fourth-order valence-electron chi connectivity index (χ4n) is 5.23. The van der Waals surface area contributed by atoms with Gasteiger partial charge in [0.1, 0.15) is 23.1 Å². The number of carbonyl (C=O) groups excluding carboxylic acids is 1. The van der Waals surface area contributed by atoms with Crippen molar-refractivity contribution < 1.29 is 32.9 Å². The monoisotopic (exact) mass is 693 g/mol. The number of ether oxygens (including phenoxy) is 3. The summed E-state index contributed by atoms with van der Waals surface area (Å²) < 4.78 is 45.9. The van der Waals surface area contributed by atoms with Crippen molar-refractivity contribution in [3.8, 4) is 11.5 Å². The topological polar surface area (TPSA) is 101 Å². The van der Waals surface area contributed by atoms with Gasteiger partial charge in [0.25, 0.3) is 5.91 Å². The van der Waals surface area contributed by atoms with Crippen LogP contribution in [0.25, 0.3) is 0 Å². The van der Waals surface area contributed by atoms with Crippen molar-refractivity contribution in [2.24, 2.45) is 4.99 Å². The molecule has 46 heavy (non-hydrogen) atoms. The van der Waals surface area contributed by atoms with Gasteiger partial charge in [-0.15, -0.1) is 0 Å². The normalized spacial score (nSPS) is 17.2. The first kappa shape index (κ1) is 33.1. The molecule has 1 aliphatic heterocycles. The van der Waals surface area contributed by atoms with E-state index in [1.807, 2.05) is 48.5 Å². The van der Waals surface area contributed by atoms with E-state index in [0.717, 1.165) is 16.1 Å². The lowest BCUT2D eigenvalue weighted by atomic mass is 9.82. The van der Waals surface area contributed by atoms with Crippen molar-refractivity contribution >= 4 is 27.7 Å². The molecule has 4 aromatic rings. The number of nitrogens with zero attached hydrogens (tertiary/aromatic N) is 1. The molecule has 1 amide bonds. The van der Waals surface area contributed by atoms with Crippen LogP contribution in [0, 0.1) is 11.6 Å². The van der Waals surface area contributed by atoms with Crippen molar-refractivity contribution in [2.45, 2.75) is 30.9 Å². The second kappa shape index (κ2) is 15.3. The predicted octanol–water partition coefficient (Wildman–Crippen LogP) is 5.86. The van der Waals surface area contributed by atoms with Crippen molar-refractivity contribution in [1.82, 2.24) is 10.9 Å². The Balaban J connectivity index is 1.49. The zero-order chi connectivity index (χ0) is 32.5. The van der Waals surface area contributed by atoms with E-state index < -0.39 is 29.2 Å². The summed E-state index contributed by atoms with van der Waals surface area (Å²) in [6.45, 7) is 0.620. The fraction of sp³-hybridized carbons (Fsp3) is 0.257. The quantitative estimate of drug-likeness (QED) is 0.113. The van der Waals surface area contributed by atoms with Gasteiger partial charge < -0.3 is 19.3 Å². The van der Waals surface area contributed by atoms with Gasteiger partial charge in [-0.05, 0) is 77.7 Å². The minimum absolute atomic E-state index is 0.0360. The van der Waals surface area contributed by atoms with Gasteiger partial charge in [-0.2, -0.15) is 0 Å². The standard InChI is InChI=1S/C35H34BrF2N3O5/c1-44-30-8-4-7-25(20-30)32-35(22-26-6-2-3-9-31(26)36,34(43)41-39-15-14-23-18-27(37)21-28(38)19-23)40-33(46-32)24-10-12-29(13-11-24)45-17-5-16-42/h2-4,6-13,18-21,32,39,42H,5,14-17,22H2,1H3,(H,41,43)/t32-,35-/m0/s1. The predicted molar refractivity (Wildman–Crippen MR) is 174 cm³/mol. The summed E-state index contributed by atoms with van der Waals surface area (Å²) in [5, 5.41) is 9.05. The molecule has 0 spiro atoms. The van der Waals surface area contributed by atoms with Gasteiger partial charge in [0.15, 0.2) is 11.6 Å². The highest BCUT2D eigenvalue weighted by atomic mass is 79.9. The zero-order valence-electron chi connectivity index (χ0n) is 25.1. The Bertz CT molecular complexity index is 1670. The molecule has 4 aromatic carbocycles. The average Bonchev–Trinajstić information content (AvgIpc) is 3.44. The molecule has 0 aliphatic carbocycles. The molecule has 8 nitrogen and oxygen atoms in total. The van der Waals surface area contributed by atoms with Crippen LogP contribution < -0.4 is 20.3 Å². The lowest BCUT2D eigenvalue weighted by Crippen LogP contribution is -2.54. The summed E-state index contributed by atoms with van der Waals surface area (Å²) >= 11 is 3.62. The van der Waals surface area contributed by atoms with Crippen LogP contribution in [-0.4, -0.2) is 49.3 Å². The number of hydrazine groups is 1. The minimum atomic E-state index is -1.49. The maximum atomic E-state index is 14.4. The maximum absolute atomic E-state index is 14.4. The molecule has 0 saturated heterocycles. The smallest absolute Gasteiger partial charge is 0.266 e. The molecular weight excluding hydrogens is 660 g/mol. The first-order valence-corrected chi connectivity index (χ1v) is 15.6. The largest absolute Gasteiger partial charge is 0.497 e. The van der Waals surface area contributed by atoms with E-state index in [-0.39, 0.29) is 31.9 Å². The second-order valence-corrected chi connectivity index (χ2v) is 11.6. The number of amides is 1. The number of hydrogen-bond donors (Lipinski definition) is 3. The Morgan fingerprint density at radius 3 is 2.48 bits per heavy atom. The number of carbonyl (C=O) groups is 1. The maximum Gasteiger partial charge on any atom is 0.266 e. The average molecular weight is 695 g/mol. The number of aliphatic hydroxyl groups is 1. The molecular formula is C35H34BrF2N3O5. The Morgan fingerprint density at radius 1 is 1.00 bits per heavy atom. The van der Waals surface area contributed by atoms with Crippen molar-refractivity contribution in [3.05, 3.63) is 129 Å². The van der Waals surface area contributed by atoms with E-state index in [2.05, 4.69) is 26.8 Å². The van der Waals surface area contributed by atoms with Crippen LogP contribution in [0.4, 0.5) is 8.78 Å². The third-order valence-corrected chi connectivity index (χ3v) is 8.28. The number of aliphatic hydroxyl groups excluding tert-OH is 1. The van der Waals surface area contributed by atoms with Gasteiger partial charge >= 0.3 is 0 Å². The molecule has 2 atom stereocenters. The summed E-state index contributed by atoms with van der Waals surface area (Å²) in [5.74, 6) is -0.300. The van der Waals surface area contributed by atoms with E-state index in [1.54, 1.807) is 31.4 Å². The zero-order valence-corrected chi connectivity index (χ0v) is 26.7. The number of nitrogens with one attached hydrogen (secondary N) is 2. The fourth-order valence-corrected chi connectivity index (χ4v) is 5.66. The highest BCUT2D eigenvalue weighted by molar-refractivity contribution is 9.10. The molecule has 0 unspecified atom stereocenters. The summed E-state index contributed by atoms with van der Waals surface area (Å²) in [5.41, 5.74) is 6.83. The van der Waals surface area contributed by atoms with Crippen LogP contribution in [-0.2, 0) is 22.4 Å². The molecule has 1 aliphatic rings. The van der Waals surface area contributed by atoms with Gasteiger partial charge in [0.05, 0.1) is 13.7 Å². The third-order valence-electron chi connectivity index (χ3n) is 7.51. The second-order valence-electron chi connectivity index (χ2n) is 10.7. The summed E-state index contributed by atoms with van der Waals surface area (Å²) in [4.78, 5) is 19.4. The Kier molecular flexibility index (Phi) is 11.0. The van der Waals surface area contributed by atoms with Gasteiger partial charge in [-0.3, -0.25) is 10.2 Å². The van der Waals surface area contributed by atoms with Crippen molar-refractivity contribution in [2.75, 3.05) is 26.9 Å². The molecule has 0 radical (unpaired) electrons. The number of rotatable bonds is 14. The van der Waals surface area contributed by atoms with Crippen LogP contribution in [0.1, 0.15) is 34.8 Å². The summed E-state index contributed by atoms with van der Waals surface area (Å²) in [7, 11) is 1.57. The highest BCUT2D eigenvalue weighted by Gasteiger charge is 2.53. The molecule has 5 rings (SSSR count). The van der Waals surface area contributed by atoms with Crippen LogP contribution in [0.15, 0.2) is 100 Å². The lowest BCUT2D eigenvalue weighted by molar-refractivity contribution is -0.130. The van der Waals surface area contributed by atoms with Crippen LogP contribution in [0.2, 0.25) is 0 Å². The molecule has 0 fully saturated rings. The first-order chi connectivity index (χ1) is 22.3. The van der Waals surface area contributed by atoms with Crippen molar-refractivity contribution in [1.29, 1.82) is 0 Å².